The van der Waals surface area contributed by atoms with Crippen LogP contribution in [0.5, 0.6) is 0 Å². The van der Waals surface area contributed by atoms with Crippen LogP contribution in [0.4, 0.5) is 0 Å². The molecule has 0 aliphatic carbocycles. The van der Waals surface area contributed by atoms with Gasteiger partial charge in [0.05, 0.1) is 33.6 Å². The number of rotatable bonds is 6. The SMILES string of the molecule is c1ccc(-c2cc(-c3ccc(-c4ccc(-c5nc6ccccc6c6c5ccc5c6c6ccccc6n5-c5ccccc5)cc4)cc3)cc(-c3ccccc3)n2)cc1. The van der Waals surface area contributed by atoms with Crippen LogP contribution in [0.25, 0.3) is 105 Å². The number of benzene rings is 8. The second-order valence-electron chi connectivity index (χ2n) is 14.6. The molecule has 266 valence electrons. The van der Waals surface area contributed by atoms with Crippen LogP contribution < -0.4 is 0 Å². The fraction of sp³-hybridized carbons (Fsp3) is 0. The summed E-state index contributed by atoms with van der Waals surface area (Å²) in [5.74, 6) is 0. The molecule has 0 spiro atoms. The summed E-state index contributed by atoms with van der Waals surface area (Å²) in [6.07, 6.45) is 0. The van der Waals surface area contributed by atoms with Crippen molar-refractivity contribution in [2.24, 2.45) is 0 Å². The van der Waals surface area contributed by atoms with Gasteiger partial charge in [-0.25, -0.2) is 9.97 Å². The van der Waals surface area contributed by atoms with E-state index in [1.54, 1.807) is 0 Å². The van der Waals surface area contributed by atoms with Crippen LogP contribution in [0, 0.1) is 0 Å². The second-order valence-corrected chi connectivity index (χ2v) is 14.6. The zero-order valence-corrected chi connectivity index (χ0v) is 31.0. The number of fused-ring (bicyclic) bond motifs is 7. The highest BCUT2D eigenvalue weighted by molar-refractivity contribution is 6.29. The summed E-state index contributed by atoms with van der Waals surface area (Å²) in [5, 5.41) is 6.04. The zero-order valence-electron chi connectivity index (χ0n) is 31.0. The number of hydrogen-bond donors (Lipinski definition) is 0. The maximum Gasteiger partial charge on any atom is 0.0788 e. The van der Waals surface area contributed by atoms with E-state index < -0.39 is 0 Å². The predicted octanol–water partition coefficient (Wildman–Crippen LogP) is 14.2. The second kappa shape index (κ2) is 13.6. The molecule has 0 bridgehead atoms. The van der Waals surface area contributed by atoms with Crippen LogP contribution in [-0.4, -0.2) is 14.5 Å². The number of aromatic nitrogens is 3. The van der Waals surface area contributed by atoms with E-state index >= 15 is 0 Å². The molecule has 11 aromatic rings. The van der Waals surface area contributed by atoms with Gasteiger partial charge in [-0.2, -0.15) is 0 Å². The largest absolute Gasteiger partial charge is 0.309 e. The molecule has 0 fully saturated rings. The van der Waals surface area contributed by atoms with Gasteiger partial charge in [-0.1, -0.05) is 170 Å². The Bertz CT molecular complexity index is 3180. The molecule has 0 atom stereocenters. The van der Waals surface area contributed by atoms with E-state index in [9.17, 15) is 0 Å². The van der Waals surface area contributed by atoms with Crippen LogP contribution in [0.2, 0.25) is 0 Å². The van der Waals surface area contributed by atoms with Gasteiger partial charge >= 0.3 is 0 Å². The minimum atomic E-state index is 0.962. The molecule has 3 nitrogen and oxygen atoms in total. The van der Waals surface area contributed by atoms with E-state index in [1.165, 1.54) is 27.2 Å². The Kier molecular flexibility index (Phi) is 7.82. The minimum Gasteiger partial charge on any atom is -0.309 e. The number of hydrogen-bond acceptors (Lipinski definition) is 2. The molecular formula is C54H35N3. The van der Waals surface area contributed by atoms with Crippen molar-refractivity contribution in [1.82, 2.24) is 14.5 Å². The lowest BCUT2D eigenvalue weighted by Crippen LogP contribution is -1.94. The summed E-state index contributed by atoms with van der Waals surface area (Å²) < 4.78 is 2.39. The van der Waals surface area contributed by atoms with Gasteiger partial charge in [0.1, 0.15) is 0 Å². The summed E-state index contributed by atoms with van der Waals surface area (Å²) in [4.78, 5) is 10.4. The first kappa shape index (κ1) is 32.8. The van der Waals surface area contributed by atoms with Crippen molar-refractivity contribution in [3.8, 4) is 61.7 Å². The normalized spacial score (nSPS) is 11.5. The molecule has 3 heteroatoms. The standard InChI is InChI=1S/C54H35N3/c1-4-14-39(15-5-1)48-34-42(35-49(55-48)40-16-6-2-7-17-40)38-26-24-36(25-27-38)37-28-30-41(31-29-37)54-46-32-33-51-53(52(46)44-20-10-12-22-47(44)56-54)45-21-11-13-23-50(45)57(51)43-18-8-3-9-19-43/h1-35H. The molecule has 57 heavy (non-hydrogen) atoms. The van der Waals surface area contributed by atoms with Crippen LogP contribution in [0.3, 0.4) is 0 Å². The topological polar surface area (TPSA) is 30.7 Å². The van der Waals surface area contributed by atoms with E-state index in [1.807, 2.05) is 12.1 Å². The maximum atomic E-state index is 5.32. The van der Waals surface area contributed by atoms with Crippen LogP contribution in [0.1, 0.15) is 0 Å². The van der Waals surface area contributed by atoms with Crippen molar-refractivity contribution >= 4 is 43.5 Å². The van der Waals surface area contributed by atoms with Crippen molar-refractivity contribution in [2.45, 2.75) is 0 Å². The molecule has 0 N–H and O–H groups in total. The monoisotopic (exact) mass is 725 g/mol. The Morgan fingerprint density at radius 1 is 0.298 bits per heavy atom. The Morgan fingerprint density at radius 3 is 1.44 bits per heavy atom. The van der Waals surface area contributed by atoms with Gasteiger partial charge in [-0.15, -0.1) is 0 Å². The summed E-state index contributed by atoms with van der Waals surface area (Å²) in [7, 11) is 0. The van der Waals surface area contributed by atoms with Crippen molar-refractivity contribution in [2.75, 3.05) is 0 Å². The lowest BCUT2D eigenvalue weighted by molar-refractivity contribution is 1.18. The summed E-state index contributed by atoms with van der Waals surface area (Å²) in [5.41, 5.74) is 15.4. The zero-order chi connectivity index (χ0) is 37.7. The van der Waals surface area contributed by atoms with Crippen molar-refractivity contribution < 1.29 is 0 Å². The van der Waals surface area contributed by atoms with Gasteiger partial charge in [0, 0.05) is 49.3 Å². The maximum absolute atomic E-state index is 5.32. The van der Waals surface area contributed by atoms with Gasteiger partial charge in [0.2, 0.25) is 0 Å². The molecule has 8 aromatic carbocycles. The Hall–Kier alpha value is -7.62. The third-order valence-corrected chi connectivity index (χ3v) is 11.2. The predicted molar refractivity (Wildman–Crippen MR) is 239 cm³/mol. The molecule has 3 heterocycles. The van der Waals surface area contributed by atoms with Gasteiger partial charge in [0.25, 0.3) is 0 Å². The third-order valence-electron chi connectivity index (χ3n) is 11.2. The Balaban J connectivity index is 0.996. The number of para-hydroxylation sites is 3. The van der Waals surface area contributed by atoms with Gasteiger partial charge in [-0.3, -0.25) is 0 Å². The smallest absolute Gasteiger partial charge is 0.0788 e. The van der Waals surface area contributed by atoms with Gasteiger partial charge in [-0.05, 0) is 64.7 Å². The highest BCUT2D eigenvalue weighted by atomic mass is 15.0. The molecule has 0 aliphatic heterocycles. The van der Waals surface area contributed by atoms with E-state index in [2.05, 4.69) is 205 Å². The molecule has 0 saturated carbocycles. The highest BCUT2D eigenvalue weighted by Crippen LogP contribution is 2.42. The Labute approximate surface area is 330 Å². The lowest BCUT2D eigenvalue weighted by Gasteiger charge is -2.13. The molecule has 0 saturated heterocycles. The first-order valence-electron chi connectivity index (χ1n) is 19.4. The first-order chi connectivity index (χ1) is 28.3. The Morgan fingerprint density at radius 2 is 0.807 bits per heavy atom. The fourth-order valence-electron chi connectivity index (χ4n) is 8.46. The van der Waals surface area contributed by atoms with Crippen molar-refractivity contribution in [1.29, 1.82) is 0 Å². The molecule has 0 unspecified atom stereocenters. The fourth-order valence-corrected chi connectivity index (χ4v) is 8.46. The lowest BCUT2D eigenvalue weighted by atomic mass is 9.94. The quantitative estimate of drug-likeness (QED) is 0.160. The summed E-state index contributed by atoms with van der Waals surface area (Å²) in [6.45, 7) is 0. The van der Waals surface area contributed by atoms with E-state index in [-0.39, 0.29) is 0 Å². The molecule has 0 amide bonds. The molecule has 3 aromatic heterocycles. The average molecular weight is 726 g/mol. The van der Waals surface area contributed by atoms with Crippen LogP contribution >= 0.6 is 0 Å². The summed E-state index contributed by atoms with van der Waals surface area (Å²) >= 11 is 0. The van der Waals surface area contributed by atoms with E-state index in [4.69, 9.17) is 9.97 Å². The molecule has 0 radical (unpaired) electrons. The van der Waals surface area contributed by atoms with Crippen LogP contribution in [-0.2, 0) is 0 Å². The van der Waals surface area contributed by atoms with Crippen LogP contribution in [0.15, 0.2) is 212 Å². The number of pyridine rings is 2. The van der Waals surface area contributed by atoms with Gasteiger partial charge in [0.15, 0.2) is 0 Å². The highest BCUT2D eigenvalue weighted by Gasteiger charge is 2.19. The van der Waals surface area contributed by atoms with Gasteiger partial charge < -0.3 is 4.57 Å². The third kappa shape index (κ3) is 5.68. The first-order valence-corrected chi connectivity index (χ1v) is 19.4. The number of nitrogens with zero attached hydrogens (tertiary/aromatic N) is 3. The summed E-state index contributed by atoms with van der Waals surface area (Å²) in [6, 6.07) is 75.5. The van der Waals surface area contributed by atoms with Crippen molar-refractivity contribution in [3.63, 3.8) is 0 Å². The van der Waals surface area contributed by atoms with E-state index in [0.717, 1.165) is 78.0 Å². The average Bonchev–Trinajstić information content (AvgIpc) is 3.64. The molecule has 11 rings (SSSR count). The minimum absolute atomic E-state index is 0.962. The molecular weight excluding hydrogens is 691 g/mol. The van der Waals surface area contributed by atoms with Crippen molar-refractivity contribution in [3.05, 3.63) is 212 Å². The molecule has 0 aliphatic rings. The van der Waals surface area contributed by atoms with E-state index in [0.29, 0.717) is 0 Å².